The fourth-order valence-corrected chi connectivity index (χ4v) is 4.90. The lowest BCUT2D eigenvalue weighted by molar-refractivity contribution is -0.171. The number of aliphatic carboxylic acids is 1. The van der Waals surface area contributed by atoms with Crippen LogP contribution in [-0.4, -0.2) is 41.6 Å². The van der Waals surface area contributed by atoms with Gasteiger partial charge in [-0.3, -0.25) is 4.79 Å². The average Bonchev–Trinajstić information content (AvgIpc) is 3.31. The quantitative estimate of drug-likeness (QED) is 0.239. The van der Waals surface area contributed by atoms with Gasteiger partial charge in [0.1, 0.15) is 11.2 Å². The molecule has 1 aliphatic carbocycles. The molecule has 0 aromatic heterocycles. The number of hydrogen-bond acceptors (Lipinski definition) is 4. The highest BCUT2D eigenvalue weighted by Gasteiger charge is 2.51. The van der Waals surface area contributed by atoms with Gasteiger partial charge >= 0.3 is 5.97 Å². The number of alkyl halides is 2. The summed E-state index contributed by atoms with van der Waals surface area (Å²) in [6.07, 6.45) is 10.8. The van der Waals surface area contributed by atoms with Crippen LogP contribution in [0.3, 0.4) is 0 Å². The van der Waals surface area contributed by atoms with Gasteiger partial charge in [-0.25, -0.2) is 8.78 Å². The molecule has 1 heterocycles. The Bertz CT molecular complexity index is 622. The van der Waals surface area contributed by atoms with Crippen molar-refractivity contribution in [2.45, 2.75) is 103 Å². The smallest absolute Gasteiger partial charge is 0.317 e. The van der Waals surface area contributed by atoms with Crippen LogP contribution in [0.5, 0.6) is 0 Å². The first-order valence-electron chi connectivity index (χ1n) is 12.2. The normalized spacial score (nSPS) is 22.9. The molecule has 2 aliphatic rings. The Morgan fingerprint density at radius 3 is 2.44 bits per heavy atom. The second kappa shape index (κ2) is 13.3. The van der Waals surface area contributed by atoms with Crippen molar-refractivity contribution in [3.8, 4) is 0 Å². The first-order chi connectivity index (χ1) is 15.4. The van der Waals surface area contributed by atoms with Crippen LogP contribution in [-0.2, 0) is 14.3 Å². The van der Waals surface area contributed by atoms with Crippen LogP contribution in [0.2, 0.25) is 0 Å². The standard InChI is InChI=1S/C25H40F2O5/c1-2-3-15-24(26,27)17-14-21(32-22-13-7-10-19-31-22)25(23(29)30,16-8-4-9-18-28)20-11-5-6-12-20/h4,9,14,20,22,28H,2-3,5-8,10-13,15-19H2,1H3,(H,29,30)/b9-4-,21-14+/t22?,25-/m1/s1. The van der Waals surface area contributed by atoms with Gasteiger partial charge < -0.3 is 19.7 Å². The van der Waals surface area contributed by atoms with Crippen LogP contribution >= 0.6 is 0 Å². The third kappa shape index (κ3) is 7.55. The number of aliphatic hydroxyl groups excluding tert-OH is 1. The maximum atomic E-state index is 14.6. The number of carbonyl (C=O) groups is 1. The number of rotatable bonds is 14. The minimum absolute atomic E-state index is 0.123. The summed E-state index contributed by atoms with van der Waals surface area (Å²) in [6.45, 7) is 2.27. The molecular weight excluding hydrogens is 418 g/mol. The number of unbranched alkanes of at least 4 members (excludes halogenated alkanes) is 1. The van der Waals surface area contributed by atoms with Gasteiger partial charge in [-0.2, -0.15) is 0 Å². The first kappa shape index (κ1) is 26.8. The van der Waals surface area contributed by atoms with Gasteiger partial charge in [-0.15, -0.1) is 0 Å². The Labute approximate surface area is 190 Å². The third-order valence-electron chi connectivity index (χ3n) is 6.73. The maximum absolute atomic E-state index is 14.6. The van der Waals surface area contributed by atoms with E-state index in [1.807, 2.05) is 6.92 Å². The number of aliphatic hydroxyl groups is 1. The molecule has 1 unspecified atom stereocenters. The SMILES string of the molecule is CCCCC(F)(F)C/C=C(/OC1CCCCO1)[C@](CC/C=C\CO)(C(=O)O)C1CCCC1. The first-order valence-corrected chi connectivity index (χ1v) is 12.2. The van der Waals surface area contributed by atoms with Gasteiger partial charge in [0, 0.05) is 19.3 Å². The summed E-state index contributed by atoms with van der Waals surface area (Å²) in [6, 6.07) is 0. The van der Waals surface area contributed by atoms with Crippen LogP contribution in [0.4, 0.5) is 8.78 Å². The highest BCUT2D eigenvalue weighted by Crippen LogP contribution is 2.50. The van der Waals surface area contributed by atoms with Crippen molar-refractivity contribution in [2.75, 3.05) is 13.2 Å². The molecule has 0 radical (unpaired) electrons. The van der Waals surface area contributed by atoms with Gasteiger partial charge in [0.05, 0.1) is 13.2 Å². The zero-order chi connectivity index (χ0) is 23.5. The van der Waals surface area contributed by atoms with Gasteiger partial charge in [0.2, 0.25) is 0 Å². The van der Waals surface area contributed by atoms with Crippen LogP contribution in [0, 0.1) is 11.3 Å². The molecular formula is C25H40F2O5. The monoisotopic (exact) mass is 458 g/mol. The number of halogens is 2. The van der Waals surface area contributed by atoms with Crippen molar-refractivity contribution >= 4 is 5.97 Å². The fourth-order valence-electron chi connectivity index (χ4n) is 4.90. The summed E-state index contributed by atoms with van der Waals surface area (Å²) in [5, 5.41) is 19.5. The number of ether oxygens (including phenoxy) is 2. The number of allylic oxidation sites excluding steroid dienone is 2. The van der Waals surface area contributed by atoms with E-state index >= 15 is 0 Å². The molecule has 0 bridgehead atoms. The number of carboxylic acid groups (broad SMARTS) is 1. The third-order valence-corrected chi connectivity index (χ3v) is 6.73. The Balaban J connectivity index is 2.41. The van der Waals surface area contributed by atoms with Crippen LogP contribution < -0.4 is 0 Å². The van der Waals surface area contributed by atoms with E-state index in [0.29, 0.717) is 32.3 Å². The van der Waals surface area contributed by atoms with Gasteiger partial charge in [-0.1, -0.05) is 38.3 Å². The molecule has 0 aromatic carbocycles. The van der Waals surface area contributed by atoms with Gasteiger partial charge in [0.25, 0.3) is 5.92 Å². The summed E-state index contributed by atoms with van der Waals surface area (Å²) in [5.74, 6) is -3.98. The summed E-state index contributed by atoms with van der Waals surface area (Å²) in [4.78, 5) is 12.8. The van der Waals surface area contributed by atoms with Crippen molar-refractivity contribution in [2.24, 2.45) is 11.3 Å². The Hall–Kier alpha value is -1.47. The van der Waals surface area contributed by atoms with Crippen molar-refractivity contribution < 1.29 is 33.3 Å². The Kier molecular flexibility index (Phi) is 11.1. The summed E-state index contributed by atoms with van der Waals surface area (Å²) >= 11 is 0. The van der Waals surface area contributed by atoms with Crippen LogP contribution in [0.15, 0.2) is 24.0 Å². The molecule has 5 nitrogen and oxygen atoms in total. The van der Waals surface area contributed by atoms with Crippen LogP contribution in [0.25, 0.3) is 0 Å². The lowest BCUT2D eigenvalue weighted by atomic mass is 9.69. The predicted molar refractivity (Wildman–Crippen MR) is 119 cm³/mol. The second-order valence-electron chi connectivity index (χ2n) is 9.10. The van der Waals surface area contributed by atoms with E-state index < -0.39 is 30.0 Å². The Morgan fingerprint density at radius 2 is 1.84 bits per heavy atom. The van der Waals surface area contributed by atoms with Crippen molar-refractivity contribution in [3.63, 3.8) is 0 Å². The molecule has 2 atom stereocenters. The second-order valence-corrected chi connectivity index (χ2v) is 9.10. The van der Waals surface area contributed by atoms with E-state index in [4.69, 9.17) is 14.6 Å². The lowest BCUT2D eigenvalue weighted by Gasteiger charge is -2.39. The van der Waals surface area contributed by atoms with E-state index in [-0.39, 0.29) is 31.1 Å². The minimum atomic E-state index is -2.91. The molecule has 2 fully saturated rings. The molecule has 32 heavy (non-hydrogen) atoms. The summed E-state index contributed by atoms with van der Waals surface area (Å²) < 4.78 is 40.9. The van der Waals surface area contributed by atoms with E-state index in [9.17, 15) is 18.7 Å². The summed E-state index contributed by atoms with van der Waals surface area (Å²) in [7, 11) is 0. The van der Waals surface area contributed by atoms with Gasteiger partial charge in [-0.05, 0) is 56.9 Å². The molecule has 0 spiro atoms. The molecule has 1 saturated carbocycles. The van der Waals surface area contributed by atoms with Crippen molar-refractivity contribution in [1.29, 1.82) is 0 Å². The minimum Gasteiger partial charge on any atom is -0.480 e. The molecule has 0 amide bonds. The highest BCUT2D eigenvalue weighted by atomic mass is 19.3. The Morgan fingerprint density at radius 1 is 1.12 bits per heavy atom. The lowest BCUT2D eigenvalue weighted by Crippen LogP contribution is -2.42. The van der Waals surface area contributed by atoms with Crippen molar-refractivity contribution in [1.82, 2.24) is 0 Å². The molecule has 1 saturated heterocycles. The molecule has 7 heteroatoms. The molecule has 0 aromatic rings. The van der Waals surface area contributed by atoms with Gasteiger partial charge in [0.15, 0.2) is 6.29 Å². The van der Waals surface area contributed by atoms with Crippen LogP contribution in [0.1, 0.15) is 90.4 Å². The zero-order valence-electron chi connectivity index (χ0n) is 19.4. The molecule has 2 rings (SSSR count). The predicted octanol–water partition coefficient (Wildman–Crippen LogP) is 6.22. The maximum Gasteiger partial charge on any atom is 0.317 e. The molecule has 184 valence electrons. The number of carboxylic acids is 1. The largest absolute Gasteiger partial charge is 0.480 e. The molecule has 2 N–H and O–H groups in total. The molecule has 1 aliphatic heterocycles. The highest BCUT2D eigenvalue weighted by molar-refractivity contribution is 5.78. The average molecular weight is 459 g/mol. The van der Waals surface area contributed by atoms with Crippen molar-refractivity contribution in [3.05, 3.63) is 24.0 Å². The zero-order valence-corrected chi connectivity index (χ0v) is 19.4. The van der Waals surface area contributed by atoms with E-state index in [2.05, 4.69) is 0 Å². The van der Waals surface area contributed by atoms with E-state index in [1.165, 1.54) is 6.08 Å². The summed E-state index contributed by atoms with van der Waals surface area (Å²) in [5.41, 5.74) is -1.38. The fraction of sp³-hybridized carbons (Fsp3) is 0.800. The topological polar surface area (TPSA) is 76.0 Å². The number of hydrogen-bond donors (Lipinski definition) is 2. The van der Waals surface area contributed by atoms with E-state index in [1.54, 1.807) is 12.2 Å². The van der Waals surface area contributed by atoms with E-state index in [0.717, 1.165) is 38.5 Å².